The van der Waals surface area contributed by atoms with Crippen LogP contribution in [-0.4, -0.2) is 17.9 Å². The number of hydrogen-bond acceptors (Lipinski definition) is 3. The van der Waals surface area contributed by atoms with Crippen LogP contribution < -0.4 is 10.5 Å². The molecule has 0 radical (unpaired) electrons. The Hall–Kier alpha value is -1.30. The number of nitrogens with two attached hydrogens (primary N) is 1. The zero-order chi connectivity index (χ0) is 13.6. The quantitative estimate of drug-likeness (QED) is 0.490. The van der Waals surface area contributed by atoms with Crippen molar-refractivity contribution in [3.05, 3.63) is 36.4 Å². The Kier molecular flexibility index (Phi) is 5.40. The molecule has 0 aliphatic carbocycles. The SMILES string of the molecule is C=CCc1cc(N)ccc1OCCSC(F)(F)F. The number of anilines is 1. The van der Waals surface area contributed by atoms with Gasteiger partial charge in [-0.05, 0) is 41.9 Å². The van der Waals surface area contributed by atoms with E-state index < -0.39 is 5.51 Å². The van der Waals surface area contributed by atoms with Crippen molar-refractivity contribution < 1.29 is 17.9 Å². The zero-order valence-corrected chi connectivity index (χ0v) is 10.5. The van der Waals surface area contributed by atoms with Crippen LogP contribution in [0.15, 0.2) is 30.9 Å². The molecule has 0 fully saturated rings. The summed E-state index contributed by atoms with van der Waals surface area (Å²) < 4.78 is 41.1. The van der Waals surface area contributed by atoms with Gasteiger partial charge in [-0.1, -0.05) is 6.08 Å². The van der Waals surface area contributed by atoms with E-state index >= 15 is 0 Å². The number of ether oxygens (including phenoxy) is 1. The van der Waals surface area contributed by atoms with Crippen LogP contribution in [0.3, 0.4) is 0 Å². The number of nitrogen functional groups attached to an aromatic ring is 1. The number of thioether (sulfide) groups is 1. The molecule has 0 atom stereocenters. The summed E-state index contributed by atoms with van der Waals surface area (Å²) in [4.78, 5) is 0. The number of alkyl halides is 3. The first-order chi connectivity index (χ1) is 8.42. The molecule has 0 saturated heterocycles. The number of rotatable bonds is 6. The predicted octanol–water partition coefficient (Wildman–Crippen LogP) is 3.63. The molecule has 0 spiro atoms. The molecule has 0 aromatic heterocycles. The van der Waals surface area contributed by atoms with E-state index in [1.54, 1.807) is 24.3 Å². The van der Waals surface area contributed by atoms with Gasteiger partial charge >= 0.3 is 5.51 Å². The molecule has 1 aromatic carbocycles. The topological polar surface area (TPSA) is 35.2 Å². The van der Waals surface area contributed by atoms with Gasteiger partial charge in [0.15, 0.2) is 0 Å². The van der Waals surface area contributed by atoms with Crippen molar-refractivity contribution in [1.29, 1.82) is 0 Å². The minimum atomic E-state index is -4.21. The lowest BCUT2D eigenvalue weighted by Gasteiger charge is -2.11. The lowest BCUT2D eigenvalue weighted by atomic mass is 10.1. The molecule has 0 bridgehead atoms. The van der Waals surface area contributed by atoms with E-state index in [9.17, 15) is 13.2 Å². The average molecular weight is 277 g/mol. The largest absolute Gasteiger partial charge is 0.492 e. The average Bonchev–Trinajstić information content (AvgIpc) is 2.26. The molecular formula is C12H14F3NOS. The van der Waals surface area contributed by atoms with Crippen LogP contribution in [0.4, 0.5) is 18.9 Å². The highest BCUT2D eigenvalue weighted by Crippen LogP contribution is 2.30. The van der Waals surface area contributed by atoms with E-state index in [4.69, 9.17) is 10.5 Å². The Morgan fingerprint density at radius 3 is 2.72 bits per heavy atom. The second kappa shape index (κ2) is 6.58. The van der Waals surface area contributed by atoms with Gasteiger partial charge in [0, 0.05) is 11.4 Å². The van der Waals surface area contributed by atoms with Gasteiger partial charge < -0.3 is 10.5 Å². The minimum Gasteiger partial charge on any atom is -0.492 e. The number of allylic oxidation sites excluding steroid dienone is 1. The fourth-order valence-corrected chi connectivity index (χ4v) is 1.76. The summed E-state index contributed by atoms with van der Waals surface area (Å²) in [6, 6.07) is 5.04. The number of halogens is 3. The van der Waals surface area contributed by atoms with Crippen molar-refractivity contribution >= 4 is 17.4 Å². The highest BCUT2D eigenvalue weighted by atomic mass is 32.2. The van der Waals surface area contributed by atoms with Crippen molar-refractivity contribution in [2.45, 2.75) is 11.9 Å². The molecule has 6 heteroatoms. The molecule has 2 nitrogen and oxygen atoms in total. The van der Waals surface area contributed by atoms with Gasteiger partial charge in [-0.3, -0.25) is 0 Å². The van der Waals surface area contributed by atoms with E-state index in [-0.39, 0.29) is 24.1 Å². The standard InChI is InChI=1S/C12H14F3NOS/c1-2-3-9-8-10(16)4-5-11(9)17-6-7-18-12(13,14)15/h2,4-5,8H,1,3,6-7,16H2. The van der Waals surface area contributed by atoms with Crippen molar-refractivity contribution in [2.24, 2.45) is 0 Å². The molecular weight excluding hydrogens is 263 g/mol. The van der Waals surface area contributed by atoms with Crippen LogP contribution in [-0.2, 0) is 6.42 Å². The third kappa shape index (κ3) is 5.35. The first-order valence-electron chi connectivity index (χ1n) is 5.25. The van der Waals surface area contributed by atoms with Gasteiger partial charge in [0.1, 0.15) is 5.75 Å². The van der Waals surface area contributed by atoms with Gasteiger partial charge in [0.25, 0.3) is 0 Å². The number of hydrogen-bond donors (Lipinski definition) is 1. The molecule has 1 rings (SSSR count). The molecule has 2 N–H and O–H groups in total. The molecule has 0 aliphatic rings. The van der Waals surface area contributed by atoms with Crippen molar-refractivity contribution in [1.82, 2.24) is 0 Å². The third-order valence-corrected chi connectivity index (χ3v) is 2.75. The van der Waals surface area contributed by atoms with Crippen LogP contribution in [0.2, 0.25) is 0 Å². The van der Waals surface area contributed by atoms with Gasteiger partial charge in [0.05, 0.1) is 6.61 Å². The van der Waals surface area contributed by atoms with Gasteiger partial charge in [-0.25, -0.2) is 0 Å². The minimum absolute atomic E-state index is 0.00175. The molecule has 100 valence electrons. The maximum atomic E-state index is 11.9. The van der Waals surface area contributed by atoms with E-state index in [0.29, 0.717) is 17.9 Å². The van der Waals surface area contributed by atoms with Gasteiger partial charge in [-0.15, -0.1) is 6.58 Å². The molecule has 0 aliphatic heterocycles. The molecule has 0 heterocycles. The fraction of sp³-hybridized carbons (Fsp3) is 0.333. The van der Waals surface area contributed by atoms with E-state index in [2.05, 4.69) is 6.58 Å². The number of benzene rings is 1. The predicted molar refractivity (Wildman–Crippen MR) is 68.8 cm³/mol. The lowest BCUT2D eigenvalue weighted by molar-refractivity contribution is -0.0329. The summed E-state index contributed by atoms with van der Waals surface area (Å²) in [6.45, 7) is 3.60. The first kappa shape index (κ1) is 14.8. The highest BCUT2D eigenvalue weighted by molar-refractivity contribution is 8.00. The third-order valence-electron chi connectivity index (χ3n) is 2.06. The van der Waals surface area contributed by atoms with Gasteiger partial charge in [0.2, 0.25) is 0 Å². The summed E-state index contributed by atoms with van der Waals surface area (Å²) in [5.41, 5.74) is 2.82. The Morgan fingerprint density at radius 1 is 1.39 bits per heavy atom. The summed E-state index contributed by atoms with van der Waals surface area (Å²) in [7, 11) is 0. The Balaban J connectivity index is 2.53. The molecule has 0 unspecified atom stereocenters. The first-order valence-corrected chi connectivity index (χ1v) is 6.23. The van der Waals surface area contributed by atoms with Crippen LogP contribution in [0.25, 0.3) is 0 Å². The van der Waals surface area contributed by atoms with Crippen LogP contribution in [0.1, 0.15) is 5.56 Å². The van der Waals surface area contributed by atoms with Crippen LogP contribution in [0, 0.1) is 0 Å². The smallest absolute Gasteiger partial charge is 0.441 e. The summed E-state index contributed by atoms with van der Waals surface area (Å²) >= 11 is -0.0947. The van der Waals surface area contributed by atoms with Crippen molar-refractivity contribution in [3.8, 4) is 5.75 Å². The second-order valence-electron chi connectivity index (χ2n) is 3.50. The Bertz CT molecular complexity index is 407. The second-order valence-corrected chi connectivity index (χ2v) is 4.66. The van der Waals surface area contributed by atoms with E-state index in [1.165, 1.54) is 0 Å². The van der Waals surface area contributed by atoms with Crippen molar-refractivity contribution in [2.75, 3.05) is 18.1 Å². The van der Waals surface area contributed by atoms with Crippen LogP contribution in [0.5, 0.6) is 5.75 Å². The Labute approximate surface area is 108 Å². The molecule has 0 amide bonds. The molecule has 0 saturated carbocycles. The Morgan fingerprint density at radius 2 is 2.11 bits per heavy atom. The van der Waals surface area contributed by atoms with E-state index in [0.717, 1.165) is 5.56 Å². The van der Waals surface area contributed by atoms with E-state index in [1.807, 2.05) is 0 Å². The molecule has 1 aromatic rings. The normalized spacial score (nSPS) is 11.3. The summed E-state index contributed by atoms with van der Waals surface area (Å²) in [6.07, 6.45) is 2.25. The summed E-state index contributed by atoms with van der Waals surface area (Å²) in [5.74, 6) is 0.411. The van der Waals surface area contributed by atoms with Gasteiger partial charge in [-0.2, -0.15) is 13.2 Å². The summed E-state index contributed by atoms with van der Waals surface area (Å²) in [5, 5.41) is 0. The van der Waals surface area contributed by atoms with Crippen LogP contribution >= 0.6 is 11.8 Å². The fourth-order valence-electron chi connectivity index (χ4n) is 1.36. The zero-order valence-electron chi connectivity index (χ0n) is 9.67. The van der Waals surface area contributed by atoms with Crippen molar-refractivity contribution in [3.63, 3.8) is 0 Å². The monoisotopic (exact) mass is 277 g/mol. The maximum absolute atomic E-state index is 11.9. The maximum Gasteiger partial charge on any atom is 0.441 e. The lowest BCUT2D eigenvalue weighted by Crippen LogP contribution is -2.08. The molecule has 18 heavy (non-hydrogen) atoms. The highest BCUT2D eigenvalue weighted by Gasteiger charge is 2.27.